The molecule has 3 rings (SSSR count). The molecule has 18 heavy (non-hydrogen) atoms. The van der Waals surface area contributed by atoms with E-state index in [0.29, 0.717) is 5.69 Å². The van der Waals surface area contributed by atoms with E-state index in [-0.39, 0.29) is 5.69 Å². The number of carbonyl (C=O) groups is 1. The standard InChI is InChI=1S/C12H8N4O2/c17-12(18)10-7-13-9(6-14-10)11-3-1-2-8-4-5-15-16(8)11/h1-7H,(H,17,18). The first-order valence-corrected chi connectivity index (χ1v) is 5.24. The third kappa shape index (κ3) is 1.60. The number of carboxylic acid groups (broad SMARTS) is 1. The average molecular weight is 240 g/mol. The van der Waals surface area contributed by atoms with Crippen molar-refractivity contribution in [2.45, 2.75) is 0 Å². The monoisotopic (exact) mass is 240 g/mol. The number of nitrogens with zero attached hydrogens (tertiary/aromatic N) is 4. The van der Waals surface area contributed by atoms with Crippen molar-refractivity contribution in [2.75, 3.05) is 0 Å². The number of aromatic nitrogens is 4. The van der Waals surface area contributed by atoms with Crippen LogP contribution < -0.4 is 0 Å². The smallest absolute Gasteiger partial charge is 0.356 e. The van der Waals surface area contributed by atoms with Gasteiger partial charge in [-0.15, -0.1) is 0 Å². The fourth-order valence-electron chi connectivity index (χ4n) is 1.71. The van der Waals surface area contributed by atoms with Gasteiger partial charge in [-0.2, -0.15) is 5.10 Å². The Morgan fingerprint density at radius 1 is 1.17 bits per heavy atom. The van der Waals surface area contributed by atoms with Gasteiger partial charge >= 0.3 is 5.97 Å². The van der Waals surface area contributed by atoms with Crippen molar-refractivity contribution < 1.29 is 9.90 Å². The molecular weight excluding hydrogens is 232 g/mol. The van der Waals surface area contributed by atoms with Crippen LogP contribution in [0.4, 0.5) is 0 Å². The molecular formula is C12H8N4O2. The zero-order valence-electron chi connectivity index (χ0n) is 9.19. The second-order valence-corrected chi connectivity index (χ2v) is 3.67. The van der Waals surface area contributed by atoms with Gasteiger partial charge in [0.05, 0.1) is 29.8 Å². The summed E-state index contributed by atoms with van der Waals surface area (Å²) >= 11 is 0. The first-order valence-electron chi connectivity index (χ1n) is 5.24. The zero-order valence-corrected chi connectivity index (χ0v) is 9.19. The van der Waals surface area contributed by atoms with Crippen LogP contribution in [0, 0.1) is 0 Å². The summed E-state index contributed by atoms with van der Waals surface area (Å²) in [5.41, 5.74) is 2.21. The molecule has 1 N–H and O–H groups in total. The molecule has 0 aliphatic rings. The molecule has 0 atom stereocenters. The van der Waals surface area contributed by atoms with Gasteiger partial charge in [0.15, 0.2) is 5.69 Å². The normalized spacial score (nSPS) is 10.7. The number of hydrogen-bond donors (Lipinski definition) is 1. The van der Waals surface area contributed by atoms with Crippen molar-refractivity contribution in [1.82, 2.24) is 19.6 Å². The first kappa shape index (κ1) is 10.4. The van der Waals surface area contributed by atoms with Crippen LogP contribution >= 0.6 is 0 Å². The molecule has 0 aliphatic carbocycles. The zero-order chi connectivity index (χ0) is 12.5. The fraction of sp³-hybridized carbons (Fsp3) is 0. The predicted octanol–water partition coefficient (Wildman–Crippen LogP) is 1.49. The minimum Gasteiger partial charge on any atom is -0.476 e. The maximum atomic E-state index is 10.7. The molecule has 3 aromatic heterocycles. The molecule has 6 heteroatoms. The van der Waals surface area contributed by atoms with Gasteiger partial charge in [0.1, 0.15) is 5.69 Å². The lowest BCUT2D eigenvalue weighted by Gasteiger charge is -2.03. The summed E-state index contributed by atoms with van der Waals surface area (Å²) < 4.78 is 1.73. The van der Waals surface area contributed by atoms with E-state index < -0.39 is 5.97 Å². The molecule has 0 saturated carbocycles. The van der Waals surface area contributed by atoms with Crippen LogP contribution in [0.15, 0.2) is 42.9 Å². The molecule has 0 fully saturated rings. The van der Waals surface area contributed by atoms with Crippen molar-refractivity contribution in [2.24, 2.45) is 0 Å². The quantitative estimate of drug-likeness (QED) is 0.734. The highest BCUT2D eigenvalue weighted by atomic mass is 16.4. The van der Waals surface area contributed by atoms with E-state index in [9.17, 15) is 4.79 Å². The minimum atomic E-state index is -1.09. The molecule has 3 heterocycles. The Kier molecular flexibility index (Phi) is 2.26. The highest BCUT2D eigenvalue weighted by Crippen LogP contribution is 2.17. The molecule has 3 aromatic rings. The molecule has 0 saturated heterocycles. The lowest BCUT2D eigenvalue weighted by Crippen LogP contribution is -2.02. The number of hydrogen-bond acceptors (Lipinski definition) is 4. The Labute approximate surface area is 102 Å². The number of carboxylic acids is 1. The Morgan fingerprint density at radius 3 is 2.78 bits per heavy atom. The molecule has 0 aromatic carbocycles. The summed E-state index contributed by atoms with van der Waals surface area (Å²) in [5.74, 6) is -1.09. The van der Waals surface area contributed by atoms with Gasteiger partial charge in [-0.25, -0.2) is 14.3 Å². The van der Waals surface area contributed by atoms with Crippen LogP contribution in [0.3, 0.4) is 0 Å². The van der Waals surface area contributed by atoms with Crippen LogP contribution in [0.25, 0.3) is 16.9 Å². The first-order chi connectivity index (χ1) is 8.75. The Hall–Kier alpha value is -2.76. The molecule has 0 radical (unpaired) electrons. The Morgan fingerprint density at radius 2 is 2.06 bits per heavy atom. The molecule has 0 bridgehead atoms. The number of aromatic carboxylic acids is 1. The van der Waals surface area contributed by atoms with Crippen LogP contribution in [0.1, 0.15) is 10.5 Å². The highest BCUT2D eigenvalue weighted by molar-refractivity contribution is 5.85. The number of pyridine rings is 1. The minimum absolute atomic E-state index is 0.0774. The van der Waals surface area contributed by atoms with Gasteiger partial charge in [-0.3, -0.25) is 4.98 Å². The van der Waals surface area contributed by atoms with E-state index in [1.54, 1.807) is 10.7 Å². The maximum absolute atomic E-state index is 10.7. The van der Waals surface area contributed by atoms with Crippen molar-refractivity contribution in [3.05, 3.63) is 48.5 Å². The predicted molar refractivity (Wildman–Crippen MR) is 63.2 cm³/mol. The summed E-state index contributed by atoms with van der Waals surface area (Å²) in [6.45, 7) is 0. The van der Waals surface area contributed by atoms with Gasteiger partial charge in [0.2, 0.25) is 0 Å². The summed E-state index contributed by atoms with van der Waals surface area (Å²) in [4.78, 5) is 18.6. The van der Waals surface area contributed by atoms with E-state index in [4.69, 9.17) is 5.11 Å². The van der Waals surface area contributed by atoms with Gasteiger partial charge < -0.3 is 5.11 Å². The number of rotatable bonds is 2. The van der Waals surface area contributed by atoms with Crippen LogP contribution in [-0.2, 0) is 0 Å². The van der Waals surface area contributed by atoms with Crippen LogP contribution in [0.2, 0.25) is 0 Å². The molecule has 0 spiro atoms. The molecule has 6 nitrogen and oxygen atoms in total. The molecule has 0 unspecified atom stereocenters. The lowest BCUT2D eigenvalue weighted by molar-refractivity contribution is 0.0690. The molecule has 0 amide bonds. The third-order valence-corrected chi connectivity index (χ3v) is 2.55. The van der Waals surface area contributed by atoms with Gasteiger partial charge in [0.25, 0.3) is 0 Å². The molecule has 0 aliphatic heterocycles. The topological polar surface area (TPSA) is 80.4 Å². The summed E-state index contributed by atoms with van der Waals surface area (Å²) in [6, 6.07) is 7.54. The van der Waals surface area contributed by atoms with Crippen LogP contribution in [0.5, 0.6) is 0 Å². The lowest BCUT2D eigenvalue weighted by atomic mass is 10.2. The van der Waals surface area contributed by atoms with Gasteiger partial charge in [0, 0.05) is 0 Å². The van der Waals surface area contributed by atoms with Gasteiger partial charge in [-0.1, -0.05) is 6.07 Å². The van der Waals surface area contributed by atoms with Crippen molar-refractivity contribution in [1.29, 1.82) is 0 Å². The second-order valence-electron chi connectivity index (χ2n) is 3.67. The summed E-state index contributed by atoms with van der Waals surface area (Å²) in [6.07, 6.45) is 4.36. The van der Waals surface area contributed by atoms with E-state index in [1.165, 1.54) is 12.4 Å². The van der Waals surface area contributed by atoms with E-state index in [0.717, 1.165) is 11.2 Å². The van der Waals surface area contributed by atoms with Crippen LogP contribution in [-0.4, -0.2) is 30.7 Å². The Bertz CT molecular complexity index is 718. The van der Waals surface area contributed by atoms with E-state index >= 15 is 0 Å². The van der Waals surface area contributed by atoms with Crippen molar-refractivity contribution in [3.63, 3.8) is 0 Å². The van der Waals surface area contributed by atoms with Crippen molar-refractivity contribution >= 4 is 11.5 Å². The second kappa shape index (κ2) is 3.92. The third-order valence-electron chi connectivity index (χ3n) is 2.55. The molecule has 88 valence electrons. The summed E-state index contributed by atoms with van der Waals surface area (Å²) in [7, 11) is 0. The van der Waals surface area contributed by atoms with Crippen molar-refractivity contribution in [3.8, 4) is 11.4 Å². The fourth-order valence-corrected chi connectivity index (χ4v) is 1.71. The number of fused-ring (bicyclic) bond motifs is 1. The highest BCUT2D eigenvalue weighted by Gasteiger charge is 2.08. The SMILES string of the molecule is O=C(O)c1cnc(-c2cccc3ccnn23)cn1. The largest absolute Gasteiger partial charge is 0.476 e. The summed E-state index contributed by atoms with van der Waals surface area (Å²) in [5, 5.41) is 13.0. The van der Waals surface area contributed by atoms with E-state index in [2.05, 4.69) is 15.1 Å². The van der Waals surface area contributed by atoms with Gasteiger partial charge in [-0.05, 0) is 18.2 Å². The maximum Gasteiger partial charge on any atom is 0.356 e. The van der Waals surface area contributed by atoms with E-state index in [1.807, 2.05) is 24.3 Å². The average Bonchev–Trinajstić information content (AvgIpc) is 2.87. The Balaban J connectivity index is 2.14.